The van der Waals surface area contributed by atoms with E-state index in [0.717, 1.165) is 61.7 Å². The number of benzene rings is 1. The fraction of sp³-hybridized carbons (Fsp3) is 0.632. The van der Waals surface area contributed by atoms with E-state index in [2.05, 4.69) is 38.5 Å². The summed E-state index contributed by atoms with van der Waals surface area (Å²) in [5.41, 5.74) is 12.5. The van der Waals surface area contributed by atoms with E-state index in [1.165, 1.54) is 12.3 Å². The molecule has 18 heteroatoms. The average Bonchev–Trinajstić information content (AvgIpc) is 3.50. The van der Waals surface area contributed by atoms with Gasteiger partial charge in [-0.15, -0.1) is 0 Å². The summed E-state index contributed by atoms with van der Waals surface area (Å²) >= 11 is 0. The lowest BCUT2D eigenvalue weighted by Crippen LogP contribution is -2.82. The molecule has 3 aliphatic heterocycles. The van der Waals surface area contributed by atoms with Gasteiger partial charge in [-0.05, 0) is 37.1 Å². The van der Waals surface area contributed by atoms with Crippen LogP contribution >= 0.6 is 0 Å². The number of hydrogen-bond acceptors (Lipinski definition) is 11. The van der Waals surface area contributed by atoms with Crippen molar-refractivity contribution in [3.05, 3.63) is 36.0 Å². The number of fused-ring (bicyclic) bond motifs is 1. The minimum Gasteiger partial charge on any atom is -0.494 e. The summed E-state index contributed by atoms with van der Waals surface area (Å²) in [4.78, 5) is 56.0. The highest BCUT2D eigenvalue weighted by Gasteiger charge is 2.55. The van der Waals surface area contributed by atoms with Crippen molar-refractivity contribution in [1.29, 1.82) is 5.26 Å². The Labute approximate surface area is 326 Å². The maximum absolute atomic E-state index is 13.8. The number of carbonyl (C=O) groups excluding carboxylic acids is 4. The summed E-state index contributed by atoms with van der Waals surface area (Å²) in [6, 6.07) is 6.95. The van der Waals surface area contributed by atoms with Crippen LogP contribution in [0.4, 0.5) is 8.78 Å². The summed E-state index contributed by atoms with van der Waals surface area (Å²) in [5, 5.41) is 25.2. The third-order valence-electron chi connectivity index (χ3n) is 11.0. The second kappa shape index (κ2) is 18.6. The Morgan fingerprint density at radius 1 is 1.04 bits per heavy atom. The molecule has 0 aliphatic carbocycles. The van der Waals surface area contributed by atoms with Crippen molar-refractivity contribution >= 4 is 34.5 Å². The smallest absolute Gasteiger partial charge is 0.268 e. The number of rotatable bonds is 15. The topological polar surface area (TPSA) is 230 Å². The first-order valence-electron chi connectivity index (χ1n) is 19.3. The lowest BCUT2D eigenvalue weighted by molar-refractivity contribution is -0.972. The molecule has 0 radical (unpaired) electrons. The largest absolute Gasteiger partial charge is 0.494 e. The molecule has 0 bridgehead atoms. The first-order chi connectivity index (χ1) is 26.7. The Bertz CT molecular complexity index is 1750. The number of likely N-dealkylation sites (tertiary alicyclic amines) is 1. The van der Waals surface area contributed by atoms with Gasteiger partial charge in [0.05, 0.1) is 49.9 Å². The van der Waals surface area contributed by atoms with Crippen molar-refractivity contribution in [2.75, 3.05) is 91.7 Å². The van der Waals surface area contributed by atoms with Gasteiger partial charge < -0.3 is 52.2 Å². The minimum absolute atomic E-state index is 0.0220. The van der Waals surface area contributed by atoms with Gasteiger partial charge in [-0.3, -0.25) is 24.2 Å². The normalized spacial score (nSPS) is 26.1. The molecule has 3 aliphatic rings. The van der Waals surface area contributed by atoms with E-state index in [9.17, 15) is 28.0 Å². The number of nitrogens with one attached hydrogen (secondary N) is 5. The fourth-order valence-corrected chi connectivity index (χ4v) is 7.85. The molecule has 1 aromatic carbocycles. The van der Waals surface area contributed by atoms with Crippen LogP contribution < -0.4 is 42.8 Å². The zero-order chi connectivity index (χ0) is 40.4. The number of carbonyl (C=O) groups is 4. The van der Waals surface area contributed by atoms with Crippen LogP contribution in [0.15, 0.2) is 30.5 Å². The standard InChI is InChI=1S/C38H55F2N11O5/c1-36(20-42)22-44-11-13-51(14-12-45-23-36)25-37(21-43,26-51)49-33(53)5-2-4-32(52)47-9-3-15-56-28-6-7-31-30(16-28)29(8-10-46-31)35(55)48-19-34(54)50-24-38(39,40)17-27(50)18-41/h6-8,10,16,27,44-45H,2-5,9,11-15,17,19-26,42-43H2,1H3,(H2-,47,48,49,52,53,55)/p+1/t27-,36?,37?,51?/m0/s1. The Morgan fingerprint density at radius 3 is 2.43 bits per heavy atom. The van der Waals surface area contributed by atoms with Crippen LogP contribution in [0.2, 0.25) is 0 Å². The van der Waals surface area contributed by atoms with Gasteiger partial charge in [-0.1, -0.05) is 6.92 Å². The molecule has 56 heavy (non-hydrogen) atoms. The molecule has 2 aromatic rings. The molecule has 306 valence electrons. The number of nitriles is 1. The van der Waals surface area contributed by atoms with Crippen molar-refractivity contribution < 1.29 is 37.2 Å². The van der Waals surface area contributed by atoms with Crippen LogP contribution in [-0.4, -0.2) is 147 Å². The van der Waals surface area contributed by atoms with Gasteiger partial charge in [0.15, 0.2) is 5.54 Å². The number of nitrogens with zero attached hydrogens (tertiary/aromatic N) is 4. The molecule has 4 amide bonds. The first kappa shape index (κ1) is 42.6. The predicted molar refractivity (Wildman–Crippen MR) is 204 cm³/mol. The number of quaternary nitrogens is 1. The van der Waals surface area contributed by atoms with E-state index in [1.807, 2.05) is 0 Å². The van der Waals surface area contributed by atoms with E-state index in [0.29, 0.717) is 49.1 Å². The summed E-state index contributed by atoms with van der Waals surface area (Å²) in [6.45, 7) is 9.30. The third-order valence-corrected chi connectivity index (χ3v) is 11.0. The number of nitrogens with two attached hydrogens (primary N) is 2. The number of pyridine rings is 1. The fourth-order valence-electron chi connectivity index (χ4n) is 7.85. The monoisotopic (exact) mass is 784 g/mol. The van der Waals surface area contributed by atoms with Crippen LogP contribution in [0.25, 0.3) is 10.9 Å². The number of ether oxygens (including phenoxy) is 1. The van der Waals surface area contributed by atoms with Crippen LogP contribution in [0.3, 0.4) is 0 Å². The zero-order valence-corrected chi connectivity index (χ0v) is 32.1. The van der Waals surface area contributed by atoms with Gasteiger partial charge in [0.2, 0.25) is 17.7 Å². The van der Waals surface area contributed by atoms with E-state index >= 15 is 0 Å². The molecule has 4 heterocycles. The van der Waals surface area contributed by atoms with Crippen molar-refractivity contribution in [3.8, 4) is 11.8 Å². The van der Waals surface area contributed by atoms with Gasteiger partial charge >= 0.3 is 0 Å². The maximum Gasteiger partial charge on any atom is 0.268 e. The number of alkyl halides is 2. The highest BCUT2D eigenvalue weighted by molar-refractivity contribution is 6.07. The van der Waals surface area contributed by atoms with E-state index in [1.54, 1.807) is 24.3 Å². The van der Waals surface area contributed by atoms with Gasteiger partial charge in [0.25, 0.3) is 11.8 Å². The Balaban J connectivity index is 0.985. The summed E-state index contributed by atoms with van der Waals surface area (Å²) in [5.74, 6) is -4.35. The van der Waals surface area contributed by atoms with E-state index < -0.39 is 48.8 Å². The molecule has 9 N–H and O–H groups in total. The van der Waals surface area contributed by atoms with E-state index in [-0.39, 0.29) is 42.2 Å². The van der Waals surface area contributed by atoms with E-state index in [4.69, 9.17) is 21.5 Å². The molecule has 3 saturated heterocycles. The van der Waals surface area contributed by atoms with Gasteiger partial charge in [-0.2, -0.15) is 5.26 Å². The zero-order valence-electron chi connectivity index (χ0n) is 32.1. The quantitative estimate of drug-likeness (QED) is 0.0907. The van der Waals surface area contributed by atoms with Crippen molar-refractivity contribution in [2.24, 2.45) is 16.9 Å². The van der Waals surface area contributed by atoms with Gasteiger partial charge in [0.1, 0.15) is 24.9 Å². The molecule has 0 unspecified atom stereocenters. The van der Waals surface area contributed by atoms with Crippen LogP contribution in [0, 0.1) is 16.7 Å². The predicted octanol–water partition coefficient (Wildman–Crippen LogP) is -0.418. The molecule has 0 saturated carbocycles. The lowest BCUT2D eigenvalue weighted by atomic mass is 9.85. The first-order valence-corrected chi connectivity index (χ1v) is 19.3. The Kier molecular flexibility index (Phi) is 14.2. The van der Waals surface area contributed by atoms with Crippen molar-refractivity contribution in [1.82, 2.24) is 36.5 Å². The molecule has 1 aromatic heterocycles. The number of hydrogen-bond donors (Lipinski definition) is 7. The number of halogens is 2. The van der Waals surface area contributed by atoms with Crippen LogP contribution in [0.1, 0.15) is 49.4 Å². The molecular weight excluding hydrogens is 728 g/mol. The summed E-state index contributed by atoms with van der Waals surface area (Å²) < 4.78 is 34.3. The van der Waals surface area contributed by atoms with Crippen molar-refractivity contribution in [2.45, 2.75) is 56.5 Å². The number of amides is 4. The molecule has 1 spiro atoms. The molecular formula is C38H56F2N11O5+. The second-order valence-corrected chi connectivity index (χ2v) is 15.9. The molecule has 16 nitrogen and oxygen atoms in total. The summed E-state index contributed by atoms with van der Waals surface area (Å²) in [6.07, 6.45) is 2.05. The summed E-state index contributed by atoms with van der Waals surface area (Å²) in [7, 11) is 0. The highest BCUT2D eigenvalue weighted by Crippen LogP contribution is 2.32. The average molecular weight is 785 g/mol. The van der Waals surface area contributed by atoms with Crippen molar-refractivity contribution in [3.63, 3.8) is 0 Å². The Hall–Kier alpha value is -4.54. The maximum atomic E-state index is 13.8. The van der Waals surface area contributed by atoms with Crippen LogP contribution in [0.5, 0.6) is 5.75 Å². The number of aromatic nitrogens is 1. The highest BCUT2D eigenvalue weighted by atomic mass is 19.3. The molecule has 1 atom stereocenters. The van der Waals surface area contributed by atoms with Gasteiger partial charge in [-0.25, -0.2) is 8.78 Å². The molecule has 3 fully saturated rings. The third kappa shape index (κ3) is 11.1. The SMILES string of the molecule is CC1(CN)CNCC[N+]2(CCNC1)CC(CN)(NC(=O)CCCC(=O)NCCCOc1ccc3nccc(C(=O)NCC(=O)N4CC(F)(F)C[C@H]4C#N)c3c1)C2. The lowest BCUT2D eigenvalue weighted by Gasteiger charge is -2.57. The minimum atomic E-state index is -3.16. The molecule has 5 rings (SSSR count). The second-order valence-electron chi connectivity index (χ2n) is 15.9. The Morgan fingerprint density at radius 2 is 1.75 bits per heavy atom. The van der Waals surface area contributed by atoms with Crippen LogP contribution in [-0.2, 0) is 14.4 Å². The van der Waals surface area contributed by atoms with Gasteiger partial charge in [0, 0.05) is 82.1 Å².